The summed E-state index contributed by atoms with van der Waals surface area (Å²) in [6.07, 6.45) is 1.97. The summed E-state index contributed by atoms with van der Waals surface area (Å²) in [5.41, 5.74) is 11.4. The largest absolute Gasteiger partial charge is 0.437 e. The van der Waals surface area contributed by atoms with Gasteiger partial charge < -0.3 is 23.8 Å². The summed E-state index contributed by atoms with van der Waals surface area (Å²) >= 11 is 0. The first-order valence-corrected chi connectivity index (χ1v) is 20.6. The van der Waals surface area contributed by atoms with Gasteiger partial charge in [-0.05, 0) is 90.4 Å². The minimum atomic E-state index is -2.26. The maximum atomic E-state index is 6.64. The predicted octanol–water partition coefficient (Wildman–Crippen LogP) is 3.55. The molecule has 0 fully saturated rings. The van der Waals surface area contributed by atoms with Crippen LogP contribution in [0.1, 0.15) is 12.8 Å². The first-order valence-electron chi connectivity index (χ1n) is 8.75. The van der Waals surface area contributed by atoms with Crippen LogP contribution in [0.2, 0.25) is 64.5 Å². The number of rotatable bonds is 12. The fraction of sp³-hybridized carbons (Fsp3) is 1.00. The van der Waals surface area contributed by atoms with Crippen LogP contribution in [-0.4, -0.2) is 46.8 Å². The zero-order valence-electron chi connectivity index (χ0n) is 16.6. The lowest BCUT2D eigenvalue weighted by Gasteiger charge is -2.42. The lowest BCUT2D eigenvalue weighted by atomic mass is 10.5. The van der Waals surface area contributed by atoms with Gasteiger partial charge in [-0.2, -0.15) is 0 Å². The Bertz CT molecular complexity index is 351. The second-order valence-electron chi connectivity index (χ2n) is 8.50. The molecule has 5 nitrogen and oxygen atoms in total. The molecule has 0 rings (SSSR count). The Hall–Kier alpha value is 0.668. The van der Waals surface area contributed by atoms with Gasteiger partial charge in [0.1, 0.15) is 0 Å². The van der Waals surface area contributed by atoms with E-state index in [-0.39, 0.29) is 0 Å². The summed E-state index contributed by atoms with van der Waals surface area (Å²) < 4.78 is 19.7. The van der Waals surface area contributed by atoms with Crippen molar-refractivity contribution in [3.8, 4) is 0 Å². The number of nitrogens with two attached hydrogens (primary N) is 2. The van der Waals surface area contributed by atoms with E-state index in [1.807, 2.05) is 0 Å². The van der Waals surface area contributed by atoms with Gasteiger partial charge in [-0.15, -0.1) is 0 Å². The van der Waals surface area contributed by atoms with Crippen molar-refractivity contribution in [2.45, 2.75) is 77.3 Å². The standard InChI is InChI=1S/C14H40N2O3Si4/c1-20(2,3)17-23(8,14-10-12-16)19-22(6,7)18-21(4,5)13-9-11-15/h9-16H2,1-8H3. The van der Waals surface area contributed by atoms with Crippen LogP contribution in [0.15, 0.2) is 0 Å². The smallest absolute Gasteiger partial charge is 0.315 e. The highest BCUT2D eigenvalue weighted by molar-refractivity contribution is 6.89. The van der Waals surface area contributed by atoms with Crippen molar-refractivity contribution in [2.75, 3.05) is 13.1 Å². The van der Waals surface area contributed by atoms with E-state index < -0.39 is 33.8 Å². The SMILES string of the molecule is C[Si](C)(C)O[Si](C)(CCCN)O[Si](C)(C)O[Si](C)(C)CCCN. The Morgan fingerprint density at radius 3 is 1.57 bits per heavy atom. The molecular formula is C14H40N2O3Si4. The molecule has 4 N–H and O–H groups in total. The number of hydrogen-bond acceptors (Lipinski definition) is 5. The molecule has 9 heteroatoms. The molecule has 140 valence electrons. The van der Waals surface area contributed by atoms with E-state index in [2.05, 4.69) is 52.4 Å². The highest BCUT2D eigenvalue weighted by Crippen LogP contribution is 2.28. The van der Waals surface area contributed by atoms with Crippen molar-refractivity contribution >= 4 is 33.8 Å². The van der Waals surface area contributed by atoms with Crippen LogP contribution in [-0.2, 0) is 12.3 Å². The van der Waals surface area contributed by atoms with E-state index in [1.165, 1.54) is 0 Å². The molecule has 0 aromatic carbocycles. The lowest BCUT2D eigenvalue weighted by molar-refractivity contribution is 0.321. The maximum Gasteiger partial charge on any atom is 0.315 e. The molecule has 0 saturated carbocycles. The zero-order valence-corrected chi connectivity index (χ0v) is 20.6. The van der Waals surface area contributed by atoms with Crippen molar-refractivity contribution < 1.29 is 12.3 Å². The minimum Gasteiger partial charge on any atom is -0.437 e. The molecule has 0 aliphatic carbocycles. The van der Waals surface area contributed by atoms with Crippen molar-refractivity contribution in [1.29, 1.82) is 0 Å². The van der Waals surface area contributed by atoms with Gasteiger partial charge in [-0.1, -0.05) is 0 Å². The Morgan fingerprint density at radius 1 is 0.652 bits per heavy atom. The minimum absolute atomic E-state index is 0.681. The van der Waals surface area contributed by atoms with Gasteiger partial charge in [0.15, 0.2) is 16.6 Å². The first-order chi connectivity index (χ1) is 10.2. The first kappa shape index (κ1) is 23.7. The molecule has 0 aliphatic rings. The van der Waals surface area contributed by atoms with Gasteiger partial charge in [0, 0.05) is 0 Å². The third-order valence-electron chi connectivity index (χ3n) is 3.32. The normalized spacial score (nSPS) is 16.4. The topological polar surface area (TPSA) is 79.7 Å². The molecule has 23 heavy (non-hydrogen) atoms. The van der Waals surface area contributed by atoms with Gasteiger partial charge in [0.05, 0.1) is 0 Å². The molecule has 0 aliphatic heterocycles. The molecule has 0 spiro atoms. The van der Waals surface area contributed by atoms with Crippen LogP contribution in [0.25, 0.3) is 0 Å². The zero-order chi connectivity index (χ0) is 18.4. The van der Waals surface area contributed by atoms with Crippen LogP contribution >= 0.6 is 0 Å². The van der Waals surface area contributed by atoms with Gasteiger partial charge >= 0.3 is 17.1 Å². The van der Waals surface area contributed by atoms with E-state index in [4.69, 9.17) is 23.8 Å². The van der Waals surface area contributed by atoms with Crippen LogP contribution in [0.5, 0.6) is 0 Å². The van der Waals surface area contributed by atoms with Gasteiger partial charge in [0.2, 0.25) is 0 Å². The van der Waals surface area contributed by atoms with Gasteiger partial charge in [-0.3, -0.25) is 0 Å². The molecule has 0 saturated heterocycles. The maximum absolute atomic E-state index is 6.64. The summed E-state index contributed by atoms with van der Waals surface area (Å²) in [6.45, 7) is 19.1. The van der Waals surface area contributed by atoms with Crippen LogP contribution in [0.4, 0.5) is 0 Å². The second-order valence-corrected chi connectivity index (χ2v) is 24.8. The second kappa shape index (κ2) is 9.39. The summed E-state index contributed by atoms with van der Waals surface area (Å²) in [5, 5.41) is 0. The average Bonchev–Trinajstić information content (AvgIpc) is 2.29. The van der Waals surface area contributed by atoms with E-state index >= 15 is 0 Å². The van der Waals surface area contributed by atoms with Crippen LogP contribution in [0, 0.1) is 0 Å². The van der Waals surface area contributed by atoms with Gasteiger partial charge in [-0.25, -0.2) is 0 Å². The van der Waals surface area contributed by atoms with E-state index in [0.29, 0.717) is 6.54 Å². The Kier molecular flexibility index (Phi) is 9.66. The Balaban J connectivity index is 5.00. The number of hydrogen-bond donors (Lipinski definition) is 2. The van der Waals surface area contributed by atoms with Gasteiger partial charge in [0.25, 0.3) is 0 Å². The van der Waals surface area contributed by atoms with Crippen molar-refractivity contribution in [3.05, 3.63) is 0 Å². The van der Waals surface area contributed by atoms with Crippen LogP contribution < -0.4 is 11.5 Å². The van der Waals surface area contributed by atoms with Crippen molar-refractivity contribution in [2.24, 2.45) is 11.5 Å². The molecule has 0 bridgehead atoms. The quantitative estimate of drug-likeness (QED) is 0.493. The lowest BCUT2D eigenvalue weighted by Crippen LogP contribution is -2.57. The summed E-state index contributed by atoms with van der Waals surface area (Å²) in [4.78, 5) is 0. The summed E-state index contributed by atoms with van der Waals surface area (Å²) in [6, 6.07) is 2.03. The molecule has 0 amide bonds. The predicted molar refractivity (Wildman–Crippen MR) is 110 cm³/mol. The molecule has 0 aromatic heterocycles. The fourth-order valence-corrected chi connectivity index (χ4v) is 21.9. The summed E-state index contributed by atoms with van der Waals surface area (Å²) in [5.74, 6) is 0. The van der Waals surface area contributed by atoms with E-state index in [1.54, 1.807) is 0 Å². The van der Waals surface area contributed by atoms with Crippen LogP contribution in [0.3, 0.4) is 0 Å². The molecule has 0 aromatic rings. The van der Waals surface area contributed by atoms with Crippen molar-refractivity contribution in [1.82, 2.24) is 0 Å². The Labute approximate surface area is 148 Å². The van der Waals surface area contributed by atoms with E-state index in [9.17, 15) is 0 Å². The fourth-order valence-electron chi connectivity index (χ4n) is 2.98. The summed E-state index contributed by atoms with van der Waals surface area (Å²) in [7, 11) is -7.90. The third kappa shape index (κ3) is 11.8. The van der Waals surface area contributed by atoms with Crippen molar-refractivity contribution in [3.63, 3.8) is 0 Å². The monoisotopic (exact) mass is 396 g/mol. The molecule has 1 atom stereocenters. The highest BCUT2D eigenvalue weighted by atomic mass is 28.5. The molecule has 1 unspecified atom stereocenters. The van der Waals surface area contributed by atoms with E-state index in [0.717, 1.165) is 31.5 Å². The molecule has 0 heterocycles. The highest BCUT2D eigenvalue weighted by Gasteiger charge is 2.44. The third-order valence-corrected chi connectivity index (χ3v) is 18.2. The molecular weight excluding hydrogens is 357 g/mol. The Morgan fingerprint density at radius 2 is 1.13 bits per heavy atom. The average molecular weight is 397 g/mol. The molecule has 0 radical (unpaired) electrons.